The minimum atomic E-state index is -0.384. The van der Waals surface area contributed by atoms with Gasteiger partial charge >= 0.3 is 4.34 Å². The van der Waals surface area contributed by atoms with Crippen LogP contribution in [-0.4, -0.2) is 14.9 Å². The van der Waals surface area contributed by atoms with Crippen LogP contribution in [0.1, 0.15) is 0 Å². The number of benzene rings is 2. The summed E-state index contributed by atoms with van der Waals surface area (Å²) in [5, 5.41) is 11.6. The SMILES string of the molecule is O=[N+]([O-])c1ccc2[nH+]c(Sc3nc4ccccc4[nH]3)sc2c1. The van der Waals surface area contributed by atoms with E-state index in [4.69, 9.17) is 0 Å². The molecule has 2 aromatic carbocycles. The number of hydrogen-bond acceptors (Lipinski definition) is 5. The monoisotopic (exact) mass is 329 g/mol. The van der Waals surface area contributed by atoms with E-state index in [2.05, 4.69) is 15.0 Å². The highest BCUT2D eigenvalue weighted by Gasteiger charge is 2.17. The van der Waals surface area contributed by atoms with Gasteiger partial charge in [-0.05, 0) is 12.1 Å². The first-order chi connectivity index (χ1) is 10.7. The summed E-state index contributed by atoms with van der Waals surface area (Å²) < 4.78 is 1.78. The Morgan fingerprint density at radius 2 is 2.14 bits per heavy atom. The molecule has 0 spiro atoms. The Labute approximate surface area is 132 Å². The van der Waals surface area contributed by atoms with Crippen LogP contribution in [0.25, 0.3) is 21.3 Å². The highest BCUT2D eigenvalue weighted by Crippen LogP contribution is 2.32. The number of nitro benzene ring substituents is 1. The zero-order chi connectivity index (χ0) is 15.1. The van der Waals surface area contributed by atoms with Gasteiger partial charge in [0.25, 0.3) is 5.69 Å². The average molecular weight is 329 g/mol. The molecule has 0 fully saturated rings. The maximum absolute atomic E-state index is 10.8. The average Bonchev–Trinajstić information content (AvgIpc) is 3.08. The van der Waals surface area contributed by atoms with Gasteiger partial charge < -0.3 is 4.98 Å². The van der Waals surface area contributed by atoms with E-state index in [0.717, 1.165) is 30.7 Å². The molecule has 108 valence electrons. The normalized spacial score (nSPS) is 11.3. The van der Waals surface area contributed by atoms with E-state index < -0.39 is 0 Å². The smallest absolute Gasteiger partial charge is 0.304 e. The highest BCUT2D eigenvalue weighted by atomic mass is 32.2. The van der Waals surface area contributed by atoms with Crippen molar-refractivity contribution in [3.8, 4) is 0 Å². The lowest BCUT2D eigenvalue weighted by molar-refractivity contribution is -0.388. The second-order valence-corrected chi connectivity index (χ2v) is 6.92. The van der Waals surface area contributed by atoms with Crippen molar-refractivity contribution < 1.29 is 9.91 Å². The maximum atomic E-state index is 10.8. The van der Waals surface area contributed by atoms with Crippen molar-refractivity contribution in [2.45, 2.75) is 9.50 Å². The molecule has 0 bridgehead atoms. The maximum Gasteiger partial charge on any atom is 0.304 e. The molecule has 4 aromatic rings. The number of rotatable bonds is 3. The zero-order valence-corrected chi connectivity index (χ0v) is 12.7. The molecule has 0 amide bonds. The summed E-state index contributed by atoms with van der Waals surface area (Å²) in [6.07, 6.45) is 0. The number of nitrogens with zero attached hydrogens (tertiary/aromatic N) is 2. The van der Waals surface area contributed by atoms with Crippen LogP contribution in [0.4, 0.5) is 5.69 Å². The highest BCUT2D eigenvalue weighted by molar-refractivity contribution is 8.00. The van der Waals surface area contributed by atoms with Crippen LogP contribution in [0, 0.1) is 10.1 Å². The Balaban J connectivity index is 1.70. The van der Waals surface area contributed by atoms with Crippen molar-refractivity contribution in [2.24, 2.45) is 0 Å². The van der Waals surface area contributed by atoms with Crippen molar-refractivity contribution in [1.29, 1.82) is 0 Å². The van der Waals surface area contributed by atoms with Crippen LogP contribution in [-0.2, 0) is 0 Å². The van der Waals surface area contributed by atoms with Crippen LogP contribution in [0.5, 0.6) is 0 Å². The molecule has 0 aliphatic heterocycles. The second-order valence-electron chi connectivity index (χ2n) is 4.61. The molecule has 2 aromatic heterocycles. The fourth-order valence-electron chi connectivity index (χ4n) is 2.16. The minimum Gasteiger partial charge on any atom is -0.332 e. The molecule has 4 rings (SSSR count). The molecule has 0 saturated carbocycles. The van der Waals surface area contributed by atoms with E-state index in [9.17, 15) is 10.1 Å². The standard InChI is InChI=1S/C14H8N4O2S2/c19-18(20)8-5-6-11-12(7-8)21-14(17-11)22-13-15-9-3-1-2-4-10(9)16-13/h1-7H,(H,15,16)/p+1. The van der Waals surface area contributed by atoms with Gasteiger partial charge in [-0.3, -0.25) is 10.1 Å². The fraction of sp³-hybridized carbons (Fsp3) is 0. The van der Waals surface area contributed by atoms with E-state index in [-0.39, 0.29) is 10.6 Å². The van der Waals surface area contributed by atoms with Crippen molar-refractivity contribution in [1.82, 2.24) is 9.97 Å². The number of aromatic amines is 2. The second kappa shape index (κ2) is 5.08. The summed E-state index contributed by atoms with van der Waals surface area (Å²) >= 11 is 2.96. The van der Waals surface area contributed by atoms with Crippen molar-refractivity contribution >= 4 is 50.0 Å². The first kappa shape index (κ1) is 13.2. The minimum absolute atomic E-state index is 0.100. The summed E-state index contributed by atoms with van der Waals surface area (Å²) in [5.74, 6) is 0. The molecular formula is C14H9N4O2S2+. The molecule has 22 heavy (non-hydrogen) atoms. The first-order valence-electron chi connectivity index (χ1n) is 6.42. The Morgan fingerprint density at radius 1 is 1.27 bits per heavy atom. The summed E-state index contributed by atoms with van der Waals surface area (Å²) in [4.78, 5) is 21.4. The molecule has 0 saturated heterocycles. The molecule has 8 heteroatoms. The third-order valence-corrected chi connectivity index (χ3v) is 5.19. The molecule has 2 heterocycles. The molecule has 0 aliphatic carbocycles. The Morgan fingerprint density at radius 3 is 2.95 bits per heavy atom. The van der Waals surface area contributed by atoms with E-state index in [1.165, 1.54) is 29.2 Å². The molecule has 2 N–H and O–H groups in total. The number of thiazole rings is 1. The summed E-state index contributed by atoms with van der Waals surface area (Å²) in [5.41, 5.74) is 2.89. The molecular weight excluding hydrogens is 320 g/mol. The predicted octanol–water partition coefficient (Wildman–Crippen LogP) is 3.65. The first-order valence-corrected chi connectivity index (χ1v) is 8.05. The number of aromatic nitrogens is 3. The number of nitrogens with one attached hydrogen (secondary N) is 2. The van der Waals surface area contributed by atoms with Gasteiger partial charge in [0.1, 0.15) is 4.70 Å². The lowest BCUT2D eigenvalue weighted by Crippen LogP contribution is -1.99. The molecule has 6 nitrogen and oxygen atoms in total. The van der Waals surface area contributed by atoms with Crippen LogP contribution < -0.4 is 4.98 Å². The van der Waals surface area contributed by atoms with Crippen molar-refractivity contribution in [2.75, 3.05) is 0 Å². The van der Waals surface area contributed by atoms with Crippen LogP contribution >= 0.6 is 23.1 Å². The van der Waals surface area contributed by atoms with Gasteiger partial charge in [0.15, 0.2) is 5.16 Å². The molecule has 0 aliphatic rings. The number of imidazole rings is 1. The largest absolute Gasteiger partial charge is 0.332 e. The van der Waals surface area contributed by atoms with Crippen molar-refractivity contribution in [3.63, 3.8) is 0 Å². The van der Waals surface area contributed by atoms with Gasteiger partial charge in [-0.25, -0.2) is 4.98 Å². The lowest BCUT2D eigenvalue weighted by atomic mass is 10.3. The molecule has 0 radical (unpaired) electrons. The van der Waals surface area contributed by atoms with Crippen LogP contribution in [0.3, 0.4) is 0 Å². The topological polar surface area (TPSA) is 86.0 Å². The van der Waals surface area contributed by atoms with E-state index in [0.29, 0.717) is 0 Å². The van der Waals surface area contributed by atoms with Gasteiger partial charge in [-0.15, -0.1) is 0 Å². The summed E-state index contributed by atoms with van der Waals surface area (Å²) in [6.45, 7) is 0. The van der Waals surface area contributed by atoms with Gasteiger partial charge in [0, 0.05) is 30.0 Å². The number of non-ortho nitro benzene ring substituents is 1. The van der Waals surface area contributed by atoms with E-state index in [1.54, 1.807) is 12.1 Å². The molecule has 0 atom stereocenters. The van der Waals surface area contributed by atoms with Gasteiger partial charge in [-0.2, -0.15) is 4.98 Å². The number of fused-ring (bicyclic) bond motifs is 2. The van der Waals surface area contributed by atoms with Crippen LogP contribution in [0.2, 0.25) is 0 Å². The zero-order valence-electron chi connectivity index (χ0n) is 11.1. The van der Waals surface area contributed by atoms with Crippen molar-refractivity contribution in [3.05, 3.63) is 52.6 Å². The molecule has 0 unspecified atom stereocenters. The third kappa shape index (κ3) is 2.32. The number of nitro groups is 1. The fourth-order valence-corrected chi connectivity index (χ4v) is 4.24. The predicted molar refractivity (Wildman–Crippen MR) is 85.3 cm³/mol. The number of H-pyrrole nitrogens is 2. The summed E-state index contributed by atoms with van der Waals surface area (Å²) in [7, 11) is 0. The Hall–Kier alpha value is -2.45. The number of hydrogen-bond donors (Lipinski definition) is 1. The van der Waals surface area contributed by atoms with E-state index in [1.807, 2.05) is 24.3 Å². The Kier molecular flexibility index (Phi) is 3.05. The Bertz CT molecular complexity index is 975. The van der Waals surface area contributed by atoms with Crippen LogP contribution in [0.15, 0.2) is 52.0 Å². The summed E-state index contributed by atoms with van der Waals surface area (Å²) in [6, 6.07) is 12.6. The van der Waals surface area contributed by atoms with E-state index >= 15 is 0 Å². The lowest BCUT2D eigenvalue weighted by Gasteiger charge is -1.86. The number of para-hydroxylation sites is 2. The quantitative estimate of drug-likeness (QED) is 0.459. The van der Waals surface area contributed by atoms with Gasteiger partial charge in [-0.1, -0.05) is 23.5 Å². The third-order valence-electron chi connectivity index (χ3n) is 3.17. The van der Waals surface area contributed by atoms with Gasteiger partial charge in [0.05, 0.1) is 16.0 Å². The van der Waals surface area contributed by atoms with Gasteiger partial charge in [0.2, 0.25) is 5.52 Å².